The van der Waals surface area contributed by atoms with Crippen LogP contribution in [0.25, 0.3) is 0 Å². The van der Waals surface area contributed by atoms with Crippen molar-refractivity contribution < 1.29 is 14.6 Å². The van der Waals surface area contributed by atoms with Gasteiger partial charge in [0.1, 0.15) is 6.10 Å². The van der Waals surface area contributed by atoms with Crippen molar-refractivity contribution in [1.82, 2.24) is 20.0 Å². The largest absolute Gasteiger partial charge is 0.388 e. The van der Waals surface area contributed by atoms with Gasteiger partial charge in [-0.25, -0.2) is 0 Å². The van der Waals surface area contributed by atoms with Gasteiger partial charge in [0.2, 0.25) is 5.91 Å². The van der Waals surface area contributed by atoms with Gasteiger partial charge in [0.15, 0.2) is 0 Å². The maximum absolute atomic E-state index is 12.5. The first kappa shape index (κ1) is 19.9. The molecule has 4 rings (SSSR count). The normalized spacial score (nSPS) is 30.9. The summed E-state index contributed by atoms with van der Waals surface area (Å²) in [5, 5.41) is 18.7. The lowest BCUT2D eigenvalue weighted by Gasteiger charge is -2.54. The number of aromatic nitrogens is 2. The van der Waals surface area contributed by atoms with Crippen LogP contribution in [0.5, 0.6) is 0 Å². The molecule has 1 aromatic heterocycles. The number of carbonyl (C=O) groups is 1. The number of aryl methyl sites for hydroxylation is 1. The van der Waals surface area contributed by atoms with E-state index in [0.29, 0.717) is 13.0 Å². The summed E-state index contributed by atoms with van der Waals surface area (Å²) >= 11 is 0. The summed E-state index contributed by atoms with van der Waals surface area (Å²) in [5.41, 5.74) is -1.12. The van der Waals surface area contributed by atoms with Gasteiger partial charge in [0, 0.05) is 44.6 Å². The molecule has 2 aliphatic heterocycles. The van der Waals surface area contributed by atoms with E-state index in [1.807, 2.05) is 30.1 Å². The van der Waals surface area contributed by atoms with Crippen LogP contribution in [0.1, 0.15) is 51.9 Å². The summed E-state index contributed by atoms with van der Waals surface area (Å²) in [7, 11) is 0. The van der Waals surface area contributed by atoms with Gasteiger partial charge in [-0.05, 0) is 58.1 Å². The van der Waals surface area contributed by atoms with Crippen molar-refractivity contribution in [2.24, 2.45) is 5.92 Å². The van der Waals surface area contributed by atoms with Crippen LogP contribution in [0, 0.1) is 5.92 Å². The Bertz CT molecular complexity index is 653. The van der Waals surface area contributed by atoms with Gasteiger partial charge in [-0.3, -0.25) is 9.48 Å². The first-order valence-corrected chi connectivity index (χ1v) is 10.8. The zero-order chi connectivity index (χ0) is 19.6. The molecular formula is C21H34N4O3. The summed E-state index contributed by atoms with van der Waals surface area (Å²) in [6.45, 7) is 6.39. The van der Waals surface area contributed by atoms with E-state index in [4.69, 9.17) is 4.74 Å². The SMILES string of the molecule is C[C@]1(NC(=O)C2CCC2)CCOC2(CCN(CCCn3cccn3)CC2)[C@@H]1O. The Hall–Kier alpha value is -1.44. The fourth-order valence-electron chi connectivity index (χ4n) is 4.91. The molecule has 28 heavy (non-hydrogen) atoms. The number of rotatable bonds is 6. The molecule has 1 saturated carbocycles. The van der Waals surface area contributed by atoms with E-state index in [1.165, 1.54) is 0 Å². The number of hydrogen-bond acceptors (Lipinski definition) is 5. The molecule has 0 radical (unpaired) electrons. The van der Waals surface area contributed by atoms with Crippen molar-refractivity contribution in [3.8, 4) is 0 Å². The maximum Gasteiger partial charge on any atom is 0.223 e. The van der Waals surface area contributed by atoms with Crippen molar-refractivity contribution in [3.05, 3.63) is 18.5 Å². The van der Waals surface area contributed by atoms with Crippen molar-refractivity contribution in [1.29, 1.82) is 0 Å². The van der Waals surface area contributed by atoms with Gasteiger partial charge in [-0.15, -0.1) is 0 Å². The Labute approximate surface area is 167 Å². The minimum Gasteiger partial charge on any atom is -0.388 e. The topological polar surface area (TPSA) is 79.6 Å². The average molecular weight is 391 g/mol. The second kappa shape index (κ2) is 8.13. The maximum atomic E-state index is 12.5. The van der Waals surface area contributed by atoms with E-state index in [0.717, 1.165) is 64.7 Å². The lowest BCUT2D eigenvalue weighted by atomic mass is 9.72. The van der Waals surface area contributed by atoms with Crippen LogP contribution >= 0.6 is 0 Å². The van der Waals surface area contributed by atoms with Gasteiger partial charge in [-0.1, -0.05) is 6.42 Å². The number of likely N-dealkylation sites (tertiary alicyclic amines) is 1. The summed E-state index contributed by atoms with van der Waals surface area (Å²) in [6, 6.07) is 1.95. The number of piperidine rings is 1. The molecule has 1 aromatic rings. The molecule has 1 amide bonds. The summed E-state index contributed by atoms with van der Waals surface area (Å²) < 4.78 is 8.13. The number of nitrogens with zero attached hydrogens (tertiary/aromatic N) is 3. The number of amides is 1. The molecule has 7 heteroatoms. The number of aliphatic hydroxyl groups excluding tert-OH is 1. The van der Waals surface area contributed by atoms with Crippen molar-refractivity contribution in [2.75, 3.05) is 26.2 Å². The van der Waals surface area contributed by atoms with Crippen LogP contribution < -0.4 is 5.32 Å². The molecule has 0 bridgehead atoms. The fraction of sp³-hybridized carbons (Fsp3) is 0.810. The third kappa shape index (κ3) is 3.98. The van der Waals surface area contributed by atoms with Crippen LogP contribution in [0.2, 0.25) is 0 Å². The predicted octanol–water partition coefficient (Wildman–Crippen LogP) is 1.56. The Morgan fingerprint density at radius 3 is 2.71 bits per heavy atom. The van der Waals surface area contributed by atoms with Crippen LogP contribution in [0.15, 0.2) is 18.5 Å². The predicted molar refractivity (Wildman–Crippen MR) is 106 cm³/mol. The minimum atomic E-state index is -0.663. The third-order valence-electron chi connectivity index (χ3n) is 7.12. The quantitative estimate of drug-likeness (QED) is 0.771. The smallest absolute Gasteiger partial charge is 0.223 e. The highest BCUT2D eigenvalue weighted by Gasteiger charge is 2.54. The van der Waals surface area contributed by atoms with Crippen molar-refractivity contribution in [2.45, 2.75) is 75.7 Å². The standard InChI is InChI=1S/C21H34N4O3/c1-20(23-18(26)17-5-2-6-17)9-16-28-21(19(20)27)7-14-24(15-8-21)11-4-13-25-12-3-10-22-25/h3,10,12,17,19,27H,2,4-9,11,13-16H2,1H3,(H,23,26)/t19-,20+/m1/s1. The summed E-state index contributed by atoms with van der Waals surface area (Å²) in [6.07, 6.45) is 9.60. The van der Waals surface area contributed by atoms with Crippen molar-refractivity contribution >= 4 is 5.91 Å². The molecule has 0 aromatic carbocycles. The van der Waals surface area contributed by atoms with E-state index >= 15 is 0 Å². The lowest BCUT2D eigenvalue weighted by molar-refractivity contribution is -0.208. The Morgan fingerprint density at radius 1 is 1.29 bits per heavy atom. The van der Waals surface area contributed by atoms with E-state index in [1.54, 1.807) is 0 Å². The van der Waals surface area contributed by atoms with Crippen LogP contribution in [-0.4, -0.2) is 69.2 Å². The average Bonchev–Trinajstić information content (AvgIpc) is 3.13. The van der Waals surface area contributed by atoms with E-state index in [-0.39, 0.29) is 11.8 Å². The highest BCUT2D eigenvalue weighted by Crippen LogP contribution is 2.40. The number of carbonyl (C=O) groups excluding carboxylic acids is 1. The van der Waals surface area contributed by atoms with Gasteiger partial charge < -0.3 is 20.1 Å². The second-order valence-corrected chi connectivity index (χ2v) is 9.06. The number of hydrogen-bond donors (Lipinski definition) is 2. The molecule has 0 unspecified atom stereocenters. The van der Waals surface area contributed by atoms with E-state index < -0.39 is 17.2 Å². The Morgan fingerprint density at radius 2 is 2.07 bits per heavy atom. The second-order valence-electron chi connectivity index (χ2n) is 9.06. The van der Waals surface area contributed by atoms with Crippen LogP contribution in [-0.2, 0) is 16.1 Å². The molecule has 156 valence electrons. The summed E-state index contributed by atoms with van der Waals surface area (Å²) in [4.78, 5) is 15.0. The molecule has 7 nitrogen and oxygen atoms in total. The molecule has 2 N–H and O–H groups in total. The van der Waals surface area contributed by atoms with E-state index in [2.05, 4.69) is 15.3 Å². The Kier molecular flexibility index (Phi) is 5.76. The van der Waals surface area contributed by atoms with Gasteiger partial charge in [0.25, 0.3) is 0 Å². The minimum absolute atomic E-state index is 0.112. The number of nitrogens with one attached hydrogen (secondary N) is 1. The molecule has 3 aliphatic rings. The molecule has 2 atom stereocenters. The van der Waals surface area contributed by atoms with Gasteiger partial charge in [0.05, 0.1) is 11.1 Å². The van der Waals surface area contributed by atoms with Crippen LogP contribution in [0.3, 0.4) is 0 Å². The zero-order valence-corrected chi connectivity index (χ0v) is 17.0. The molecular weight excluding hydrogens is 356 g/mol. The molecule has 1 aliphatic carbocycles. The van der Waals surface area contributed by atoms with Crippen molar-refractivity contribution in [3.63, 3.8) is 0 Å². The first-order chi connectivity index (χ1) is 13.5. The monoisotopic (exact) mass is 390 g/mol. The highest BCUT2D eigenvalue weighted by molar-refractivity contribution is 5.80. The Balaban J connectivity index is 1.30. The molecule has 2 saturated heterocycles. The summed E-state index contributed by atoms with van der Waals surface area (Å²) in [5.74, 6) is 0.250. The van der Waals surface area contributed by atoms with Gasteiger partial charge >= 0.3 is 0 Å². The first-order valence-electron chi connectivity index (χ1n) is 10.8. The molecule has 3 fully saturated rings. The highest BCUT2D eigenvalue weighted by atomic mass is 16.5. The van der Waals surface area contributed by atoms with Gasteiger partial charge in [-0.2, -0.15) is 5.10 Å². The third-order valence-corrected chi connectivity index (χ3v) is 7.12. The lowest BCUT2D eigenvalue weighted by Crippen LogP contribution is -2.69. The van der Waals surface area contributed by atoms with E-state index in [9.17, 15) is 9.90 Å². The zero-order valence-electron chi connectivity index (χ0n) is 17.0. The fourth-order valence-corrected chi connectivity index (χ4v) is 4.91. The molecule has 3 heterocycles. The number of ether oxygens (including phenoxy) is 1. The van der Waals surface area contributed by atoms with Crippen LogP contribution in [0.4, 0.5) is 0 Å². The molecule has 1 spiro atoms. The number of aliphatic hydroxyl groups is 1.